The van der Waals surface area contributed by atoms with E-state index in [1.54, 1.807) is 7.11 Å². The predicted molar refractivity (Wildman–Crippen MR) is 104 cm³/mol. The maximum atomic E-state index is 5.66. The molecular weight excluding hydrogens is 331 g/mol. The van der Waals surface area contributed by atoms with Crippen molar-refractivity contribution in [1.82, 2.24) is 10.2 Å². The third kappa shape index (κ3) is 5.82. The summed E-state index contributed by atoms with van der Waals surface area (Å²) in [7, 11) is 1.79. The third-order valence-electron chi connectivity index (χ3n) is 4.43. The summed E-state index contributed by atoms with van der Waals surface area (Å²) in [5.41, 5.74) is 2.77. The lowest BCUT2D eigenvalue weighted by molar-refractivity contribution is 0.162. The van der Waals surface area contributed by atoms with Gasteiger partial charge in [0, 0.05) is 37.8 Å². The minimum Gasteiger partial charge on any atom is -0.496 e. The lowest BCUT2D eigenvalue weighted by Gasteiger charge is -2.36. The van der Waals surface area contributed by atoms with Crippen molar-refractivity contribution < 1.29 is 4.74 Å². The number of hydrogen-bond acceptors (Lipinski definition) is 3. The Bertz CT molecular complexity index is 449. The first-order chi connectivity index (χ1) is 10.2. The molecule has 1 N–H and O–H groups in total. The van der Waals surface area contributed by atoms with E-state index in [4.69, 9.17) is 4.74 Å². The van der Waals surface area contributed by atoms with Crippen LogP contribution in [0.2, 0.25) is 0 Å². The molecule has 0 aromatic heterocycles. The van der Waals surface area contributed by atoms with E-state index in [1.165, 1.54) is 24.0 Å². The fourth-order valence-electron chi connectivity index (χ4n) is 3.17. The number of nitrogens with zero attached hydrogens (tertiary/aromatic N) is 1. The van der Waals surface area contributed by atoms with Gasteiger partial charge in [0.15, 0.2) is 0 Å². The minimum atomic E-state index is 0. The Morgan fingerprint density at radius 2 is 1.83 bits per heavy atom. The van der Waals surface area contributed by atoms with Crippen LogP contribution in [0.1, 0.15) is 56.7 Å². The number of rotatable bonds is 6. The molecule has 1 aliphatic rings. The summed E-state index contributed by atoms with van der Waals surface area (Å²) in [6, 6.07) is 7.19. The topological polar surface area (TPSA) is 24.5 Å². The highest BCUT2D eigenvalue weighted by atomic mass is 35.5. The molecule has 5 heteroatoms. The van der Waals surface area contributed by atoms with E-state index in [0.29, 0.717) is 12.0 Å². The SMILES string of the molecule is CCC[C@H](c1cc(C(C)C)ccc1OC)N1CCNCC1.Cl.Cl. The zero-order valence-corrected chi connectivity index (χ0v) is 16.4. The molecule has 0 bridgehead atoms. The molecule has 3 nitrogen and oxygen atoms in total. The molecule has 0 aliphatic carbocycles. The van der Waals surface area contributed by atoms with Crippen LogP contribution >= 0.6 is 24.8 Å². The Labute approximate surface area is 154 Å². The Hall–Kier alpha value is -0.480. The van der Waals surface area contributed by atoms with Crippen molar-refractivity contribution in [1.29, 1.82) is 0 Å². The largest absolute Gasteiger partial charge is 0.496 e. The third-order valence-corrected chi connectivity index (χ3v) is 4.43. The Balaban J connectivity index is 0.00000242. The number of ether oxygens (including phenoxy) is 1. The number of nitrogens with one attached hydrogen (secondary N) is 1. The second-order valence-corrected chi connectivity index (χ2v) is 6.25. The van der Waals surface area contributed by atoms with Crippen molar-refractivity contribution in [2.45, 2.75) is 45.6 Å². The number of benzene rings is 1. The average Bonchev–Trinajstić information content (AvgIpc) is 2.52. The van der Waals surface area contributed by atoms with E-state index in [2.05, 4.69) is 49.2 Å². The molecule has 0 spiro atoms. The molecule has 134 valence electrons. The second kappa shape index (κ2) is 11.1. The van der Waals surface area contributed by atoms with Crippen molar-refractivity contribution in [2.24, 2.45) is 0 Å². The van der Waals surface area contributed by atoms with Crippen molar-refractivity contribution in [3.05, 3.63) is 29.3 Å². The predicted octanol–water partition coefficient (Wildman–Crippen LogP) is 4.41. The van der Waals surface area contributed by atoms with E-state index in [0.717, 1.165) is 31.9 Å². The van der Waals surface area contributed by atoms with E-state index in [-0.39, 0.29) is 24.8 Å². The van der Waals surface area contributed by atoms with Crippen LogP contribution in [0.15, 0.2) is 18.2 Å². The monoisotopic (exact) mass is 362 g/mol. The molecule has 0 unspecified atom stereocenters. The van der Waals surface area contributed by atoms with Crippen molar-refractivity contribution >= 4 is 24.8 Å². The Kier molecular flexibility index (Phi) is 10.9. The molecule has 0 radical (unpaired) electrons. The van der Waals surface area contributed by atoms with Crippen LogP contribution in [0.3, 0.4) is 0 Å². The van der Waals surface area contributed by atoms with Gasteiger partial charge in [0.05, 0.1) is 7.11 Å². The summed E-state index contributed by atoms with van der Waals surface area (Å²) in [5.74, 6) is 1.59. The first-order valence-electron chi connectivity index (χ1n) is 8.30. The Morgan fingerprint density at radius 1 is 1.17 bits per heavy atom. The zero-order chi connectivity index (χ0) is 15.2. The molecule has 1 aromatic rings. The molecule has 23 heavy (non-hydrogen) atoms. The molecule has 1 aromatic carbocycles. The van der Waals surface area contributed by atoms with Gasteiger partial charge in [-0.25, -0.2) is 0 Å². The quantitative estimate of drug-likeness (QED) is 0.810. The molecule has 1 aliphatic heterocycles. The van der Waals surface area contributed by atoms with Gasteiger partial charge >= 0.3 is 0 Å². The number of piperazine rings is 1. The molecule has 1 atom stereocenters. The number of methoxy groups -OCH3 is 1. The van der Waals surface area contributed by atoms with Crippen molar-refractivity contribution in [2.75, 3.05) is 33.3 Å². The van der Waals surface area contributed by atoms with Gasteiger partial charge in [0.1, 0.15) is 5.75 Å². The highest BCUT2D eigenvalue weighted by molar-refractivity contribution is 5.85. The van der Waals surface area contributed by atoms with Crippen LogP contribution in [0.25, 0.3) is 0 Å². The second-order valence-electron chi connectivity index (χ2n) is 6.25. The van der Waals surface area contributed by atoms with Crippen LogP contribution in [-0.4, -0.2) is 38.2 Å². The summed E-state index contributed by atoms with van der Waals surface area (Å²) in [5, 5.41) is 3.45. The minimum absolute atomic E-state index is 0. The van der Waals surface area contributed by atoms with Gasteiger partial charge in [-0.2, -0.15) is 0 Å². The number of halogens is 2. The summed E-state index contributed by atoms with van der Waals surface area (Å²) in [4.78, 5) is 2.61. The lowest BCUT2D eigenvalue weighted by Crippen LogP contribution is -2.45. The van der Waals surface area contributed by atoms with Crippen LogP contribution in [0.5, 0.6) is 5.75 Å². The molecule has 1 fully saturated rings. The van der Waals surface area contributed by atoms with Gasteiger partial charge in [0.25, 0.3) is 0 Å². The summed E-state index contributed by atoms with van der Waals surface area (Å²) < 4.78 is 5.66. The average molecular weight is 363 g/mol. The van der Waals surface area contributed by atoms with Crippen LogP contribution < -0.4 is 10.1 Å². The van der Waals surface area contributed by atoms with Gasteiger partial charge in [0.2, 0.25) is 0 Å². The van der Waals surface area contributed by atoms with E-state index < -0.39 is 0 Å². The van der Waals surface area contributed by atoms with Gasteiger partial charge in [-0.3, -0.25) is 4.90 Å². The highest BCUT2D eigenvalue weighted by Crippen LogP contribution is 2.35. The van der Waals surface area contributed by atoms with Gasteiger partial charge < -0.3 is 10.1 Å². The van der Waals surface area contributed by atoms with Gasteiger partial charge in [-0.15, -0.1) is 24.8 Å². The normalized spacial score (nSPS) is 16.4. The van der Waals surface area contributed by atoms with E-state index in [9.17, 15) is 0 Å². The summed E-state index contributed by atoms with van der Waals surface area (Å²) in [6.45, 7) is 11.2. The lowest BCUT2D eigenvalue weighted by atomic mass is 9.93. The molecule has 0 saturated carbocycles. The van der Waals surface area contributed by atoms with E-state index in [1.807, 2.05) is 0 Å². The van der Waals surface area contributed by atoms with Gasteiger partial charge in [-0.05, 0) is 24.0 Å². The first-order valence-corrected chi connectivity index (χ1v) is 8.30. The molecule has 1 saturated heterocycles. The number of hydrogen-bond donors (Lipinski definition) is 1. The maximum absolute atomic E-state index is 5.66. The van der Waals surface area contributed by atoms with Crippen LogP contribution in [-0.2, 0) is 0 Å². The van der Waals surface area contributed by atoms with E-state index >= 15 is 0 Å². The van der Waals surface area contributed by atoms with Crippen LogP contribution in [0.4, 0.5) is 0 Å². The molecule has 2 rings (SSSR count). The Morgan fingerprint density at radius 3 is 2.35 bits per heavy atom. The van der Waals surface area contributed by atoms with Crippen LogP contribution in [0, 0.1) is 0 Å². The smallest absolute Gasteiger partial charge is 0.123 e. The van der Waals surface area contributed by atoms with Crippen molar-refractivity contribution in [3.63, 3.8) is 0 Å². The fourth-order valence-corrected chi connectivity index (χ4v) is 3.17. The maximum Gasteiger partial charge on any atom is 0.123 e. The molecule has 0 amide bonds. The summed E-state index contributed by atoms with van der Waals surface area (Å²) in [6.07, 6.45) is 2.39. The fraction of sp³-hybridized carbons (Fsp3) is 0.667. The highest BCUT2D eigenvalue weighted by Gasteiger charge is 2.24. The van der Waals surface area contributed by atoms with Gasteiger partial charge in [-0.1, -0.05) is 39.3 Å². The molecular formula is C18H32Cl2N2O. The first kappa shape index (κ1) is 22.5. The zero-order valence-electron chi connectivity index (χ0n) is 14.8. The molecule has 1 heterocycles. The standard InChI is InChI=1S/C18H30N2O.2ClH/c1-5-6-17(20-11-9-19-10-12-20)16-13-15(14(2)3)7-8-18(16)21-4;;/h7-8,13-14,17,19H,5-6,9-12H2,1-4H3;2*1H/t17-;;/m1../s1. The van der Waals surface area contributed by atoms with Crippen molar-refractivity contribution in [3.8, 4) is 5.75 Å². The summed E-state index contributed by atoms with van der Waals surface area (Å²) >= 11 is 0.